The lowest BCUT2D eigenvalue weighted by atomic mass is 10.1. The number of benzene rings is 3. The minimum absolute atomic E-state index is 0.0272. The predicted molar refractivity (Wildman–Crippen MR) is 130 cm³/mol. The SMILES string of the molecule is COC(=O)c1ccc(S(=O)(=O)Cc2ccn(-c3ccc(C(F)(F)F)cc3)n2)c(C#Cc2ccc(F)cc2)c1. The van der Waals surface area contributed by atoms with Crippen LogP contribution in [0.2, 0.25) is 0 Å². The molecule has 0 bridgehead atoms. The molecule has 11 heteroatoms. The van der Waals surface area contributed by atoms with E-state index in [1.54, 1.807) is 0 Å². The maximum Gasteiger partial charge on any atom is 0.416 e. The van der Waals surface area contributed by atoms with Gasteiger partial charge < -0.3 is 4.74 Å². The van der Waals surface area contributed by atoms with Crippen molar-refractivity contribution in [3.05, 3.63) is 113 Å². The largest absolute Gasteiger partial charge is 0.465 e. The van der Waals surface area contributed by atoms with Crippen molar-refractivity contribution in [2.45, 2.75) is 16.8 Å². The van der Waals surface area contributed by atoms with Gasteiger partial charge in [0.05, 0.1) is 40.3 Å². The number of alkyl halides is 3. The minimum atomic E-state index is -4.48. The van der Waals surface area contributed by atoms with Crippen molar-refractivity contribution in [2.24, 2.45) is 0 Å². The van der Waals surface area contributed by atoms with Crippen LogP contribution in [0.5, 0.6) is 0 Å². The van der Waals surface area contributed by atoms with Gasteiger partial charge in [0.15, 0.2) is 9.84 Å². The van der Waals surface area contributed by atoms with Crippen molar-refractivity contribution in [3.8, 4) is 17.5 Å². The second-order valence-corrected chi connectivity index (χ2v) is 9.97. The van der Waals surface area contributed by atoms with E-state index < -0.39 is 39.1 Å². The molecule has 0 aliphatic heterocycles. The maximum atomic E-state index is 13.3. The fraction of sp³-hybridized carbons (Fsp3) is 0.111. The summed E-state index contributed by atoms with van der Waals surface area (Å²) in [7, 11) is -2.85. The molecule has 38 heavy (non-hydrogen) atoms. The number of sulfone groups is 1. The molecular weight excluding hydrogens is 524 g/mol. The number of nitrogens with zero attached hydrogens (tertiary/aromatic N) is 2. The fourth-order valence-electron chi connectivity index (χ4n) is 3.47. The molecule has 1 aromatic heterocycles. The van der Waals surface area contributed by atoms with E-state index in [-0.39, 0.29) is 21.7 Å². The normalized spacial score (nSPS) is 11.5. The highest BCUT2D eigenvalue weighted by Crippen LogP contribution is 2.29. The first-order chi connectivity index (χ1) is 18.0. The third kappa shape index (κ3) is 6.10. The van der Waals surface area contributed by atoms with E-state index in [0.29, 0.717) is 11.3 Å². The molecule has 0 aliphatic rings. The number of hydrogen-bond acceptors (Lipinski definition) is 5. The van der Waals surface area contributed by atoms with Gasteiger partial charge in [0.2, 0.25) is 0 Å². The van der Waals surface area contributed by atoms with Crippen molar-refractivity contribution in [2.75, 3.05) is 7.11 Å². The van der Waals surface area contributed by atoms with Crippen molar-refractivity contribution in [3.63, 3.8) is 0 Å². The van der Waals surface area contributed by atoms with Gasteiger partial charge in [-0.25, -0.2) is 22.3 Å². The molecule has 4 rings (SSSR count). The first-order valence-electron chi connectivity index (χ1n) is 10.9. The Morgan fingerprint density at radius 1 is 0.974 bits per heavy atom. The Balaban J connectivity index is 1.65. The smallest absolute Gasteiger partial charge is 0.416 e. The van der Waals surface area contributed by atoms with Crippen LogP contribution in [0.15, 0.2) is 83.9 Å². The molecule has 3 aromatic carbocycles. The Kier molecular flexibility index (Phi) is 7.37. The van der Waals surface area contributed by atoms with Crippen LogP contribution in [-0.2, 0) is 26.5 Å². The first kappa shape index (κ1) is 26.6. The van der Waals surface area contributed by atoms with Gasteiger partial charge in [-0.15, -0.1) is 0 Å². The van der Waals surface area contributed by atoms with Gasteiger partial charge in [0, 0.05) is 17.3 Å². The van der Waals surface area contributed by atoms with E-state index in [2.05, 4.69) is 16.9 Å². The molecule has 194 valence electrons. The Bertz CT molecular complexity index is 1650. The Morgan fingerprint density at radius 2 is 1.66 bits per heavy atom. The molecule has 1 heterocycles. The average molecular weight is 543 g/mol. The van der Waals surface area contributed by atoms with Crippen LogP contribution in [0.3, 0.4) is 0 Å². The van der Waals surface area contributed by atoms with Crippen LogP contribution in [0.25, 0.3) is 5.69 Å². The summed E-state index contributed by atoms with van der Waals surface area (Å²) >= 11 is 0. The molecule has 0 spiro atoms. The van der Waals surface area contributed by atoms with Crippen LogP contribution >= 0.6 is 0 Å². The monoisotopic (exact) mass is 542 g/mol. The van der Waals surface area contributed by atoms with Crippen LogP contribution in [0, 0.1) is 17.7 Å². The van der Waals surface area contributed by atoms with Crippen molar-refractivity contribution >= 4 is 15.8 Å². The van der Waals surface area contributed by atoms with Gasteiger partial charge >= 0.3 is 12.1 Å². The van der Waals surface area contributed by atoms with E-state index in [4.69, 9.17) is 4.74 Å². The summed E-state index contributed by atoms with van der Waals surface area (Å²) < 4.78 is 84.3. The van der Waals surface area contributed by atoms with Crippen molar-refractivity contribution in [1.29, 1.82) is 0 Å². The summed E-state index contributed by atoms with van der Waals surface area (Å²) in [5.41, 5.74) is 0.171. The number of ether oxygens (including phenoxy) is 1. The summed E-state index contributed by atoms with van der Waals surface area (Å²) in [5, 5.41) is 4.18. The first-order valence-corrected chi connectivity index (χ1v) is 12.6. The van der Waals surface area contributed by atoms with Gasteiger partial charge in [-0.1, -0.05) is 11.8 Å². The lowest BCUT2D eigenvalue weighted by Gasteiger charge is -2.08. The van der Waals surface area contributed by atoms with E-state index >= 15 is 0 Å². The number of rotatable bonds is 5. The molecule has 0 radical (unpaired) electrons. The Labute approximate surface area is 215 Å². The van der Waals surface area contributed by atoms with Gasteiger partial charge in [0.25, 0.3) is 0 Å². The van der Waals surface area contributed by atoms with E-state index in [1.165, 1.54) is 78.7 Å². The number of carbonyl (C=O) groups excluding carboxylic acids is 1. The summed E-state index contributed by atoms with van der Waals surface area (Å²) in [6.45, 7) is 0. The molecule has 0 atom stereocenters. The molecule has 0 saturated carbocycles. The standard InChI is InChI=1S/C27H18F4N2O4S/c1-37-26(34)20-6-13-25(19(16-20)5-2-18-3-9-22(28)10-4-18)38(35,36)17-23-14-15-33(32-23)24-11-7-21(8-12-24)27(29,30)31/h3-4,6-16H,17H2,1H3. The van der Waals surface area contributed by atoms with Crippen molar-refractivity contribution in [1.82, 2.24) is 9.78 Å². The third-order valence-corrected chi connectivity index (χ3v) is 7.06. The Hall–Kier alpha value is -4.43. The maximum absolute atomic E-state index is 13.3. The summed E-state index contributed by atoms with van der Waals surface area (Å²) in [6.07, 6.45) is -3.05. The molecule has 0 fully saturated rings. The molecule has 0 unspecified atom stereocenters. The number of aromatic nitrogens is 2. The average Bonchev–Trinajstić information content (AvgIpc) is 3.35. The molecule has 6 nitrogen and oxygen atoms in total. The zero-order chi connectivity index (χ0) is 27.5. The van der Waals surface area contributed by atoms with Crippen molar-refractivity contribution < 1.29 is 35.5 Å². The highest BCUT2D eigenvalue weighted by molar-refractivity contribution is 7.90. The molecule has 0 aliphatic carbocycles. The number of hydrogen-bond donors (Lipinski definition) is 0. The number of methoxy groups -OCH3 is 1. The molecule has 0 amide bonds. The molecule has 4 aromatic rings. The molecule has 0 saturated heterocycles. The number of carbonyl (C=O) groups is 1. The second-order valence-electron chi connectivity index (χ2n) is 8.01. The van der Waals surface area contributed by atoms with Gasteiger partial charge in [-0.3, -0.25) is 0 Å². The van der Waals surface area contributed by atoms with Crippen LogP contribution in [-0.4, -0.2) is 31.3 Å². The second kappa shape index (κ2) is 10.5. The minimum Gasteiger partial charge on any atom is -0.465 e. The van der Waals surface area contributed by atoms with E-state index in [0.717, 1.165) is 12.1 Å². The summed E-state index contributed by atoms with van der Waals surface area (Å²) in [4.78, 5) is 11.8. The molecule has 0 N–H and O–H groups in total. The topological polar surface area (TPSA) is 78.3 Å². The van der Waals surface area contributed by atoms with Crippen LogP contribution in [0.4, 0.5) is 17.6 Å². The lowest BCUT2D eigenvalue weighted by molar-refractivity contribution is -0.137. The highest BCUT2D eigenvalue weighted by Gasteiger charge is 2.30. The zero-order valence-corrected chi connectivity index (χ0v) is 20.5. The summed E-state index contributed by atoms with van der Waals surface area (Å²) in [6, 6.07) is 14.8. The summed E-state index contributed by atoms with van der Waals surface area (Å²) in [5.74, 6) is 3.81. The molecular formula is C27H18F4N2O4S. The van der Waals surface area contributed by atoms with Gasteiger partial charge in [-0.05, 0) is 72.8 Å². The van der Waals surface area contributed by atoms with Crippen LogP contribution in [0.1, 0.15) is 32.7 Å². The number of halogens is 4. The zero-order valence-electron chi connectivity index (χ0n) is 19.7. The fourth-order valence-corrected chi connectivity index (χ4v) is 4.89. The van der Waals surface area contributed by atoms with E-state index in [1.807, 2.05) is 0 Å². The Morgan fingerprint density at radius 3 is 2.29 bits per heavy atom. The van der Waals surface area contributed by atoms with Crippen LogP contribution < -0.4 is 0 Å². The van der Waals surface area contributed by atoms with Gasteiger partial charge in [-0.2, -0.15) is 18.3 Å². The third-order valence-electron chi connectivity index (χ3n) is 5.36. The quantitative estimate of drug-likeness (QED) is 0.197. The van der Waals surface area contributed by atoms with E-state index in [9.17, 15) is 30.8 Å². The lowest BCUT2D eigenvalue weighted by Crippen LogP contribution is -2.10. The predicted octanol–water partition coefficient (Wildman–Crippen LogP) is 5.19. The number of esters is 1. The highest BCUT2D eigenvalue weighted by atomic mass is 32.2. The van der Waals surface area contributed by atoms with Gasteiger partial charge in [0.1, 0.15) is 5.82 Å².